The second kappa shape index (κ2) is 14.0. The molecular weight excluding hydrogens is 773 g/mol. The van der Waals surface area contributed by atoms with Crippen molar-refractivity contribution in [2.45, 2.75) is 52.4 Å². The van der Waals surface area contributed by atoms with Crippen LogP contribution in [0.15, 0.2) is 194 Å². The molecule has 2 heterocycles. The summed E-state index contributed by atoms with van der Waals surface area (Å²) >= 11 is -3.39. The summed E-state index contributed by atoms with van der Waals surface area (Å²) in [6, 6.07) is 73.4. The molecule has 59 heavy (non-hydrogen) atoms. The fourth-order valence-electron chi connectivity index (χ4n) is 9.54. The number of aromatic nitrogens is 2. The molecule has 0 fully saturated rings. The van der Waals surface area contributed by atoms with Crippen LogP contribution in [0.25, 0.3) is 55.0 Å². The second-order valence-corrected chi connectivity index (χ2v) is 26.2. The minimum atomic E-state index is -3.39. The molecule has 0 aliphatic rings. The van der Waals surface area contributed by atoms with E-state index in [1.165, 1.54) is 83.7 Å². The molecule has 0 saturated heterocycles. The van der Waals surface area contributed by atoms with Gasteiger partial charge in [0.15, 0.2) is 0 Å². The van der Waals surface area contributed by atoms with E-state index in [9.17, 15) is 0 Å². The van der Waals surface area contributed by atoms with Gasteiger partial charge in [-0.25, -0.2) is 0 Å². The quantitative estimate of drug-likeness (QED) is 0.148. The zero-order valence-corrected chi connectivity index (χ0v) is 37.0. The van der Waals surface area contributed by atoms with Crippen LogP contribution in [0, 0.1) is 0 Å². The van der Waals surface area contributed by atoms with Crippen molar-refractivity contribution in [3.05, 3.63) is 205 Å². The molecule has 288 valence electrons. The van der Waals surface area contributed by atoms with Gasteiger partial charge < -0.3 is 0 Å². The molecule has 0 aliphatic carbocycles. The van der Waals surface area contributed by atoms with Crippen molar-refractivity contribution in [2.24, 2.45) is 0 Å². The number of para-hydroxylation sites is 1. The van der Waals surface area contributed by atoms with E-state index in [0.29, 0.717) is 0 Å². The van der Waals surface area contributed by atoms with Gasteiger partial charge in [-0.3, -0.25) is 0 Å². The van der Waals surface area contributed by atoms with Crippen LogP contribution in [0.2, 0.25) is 0 Å². The average molecular weight is 824 g/mol. The summed E-state index contributed by atoms with van der Waals surface area (Å²) in [5.41, 5.74) is 10.0. The Balaban J connectivity index is 1.16. The molecule has 0 saturated carbocycles. The first-order chi connectivity index (χ1) is 28.5. The number of fused-ring (bicyclic) bond motifs is 6. The topological polar surface area (TPSA) is 9.86 Å². The summed E-state index contributed by atoms with van der Waals surface area (Å²) in [7, 11) is 0. The van der Waals surface area contributed by atoms with Gasteiger partial charge in [-0.2, -0.15) is 0 Å². The predicted octanol–water partition coefficient (Wildman–Crippen LogP) is 11.9. The molecule has 0 N–H and O–H groups in total. The van der Waals surface area contributed by atoms with Crippen molar-refractivity contribution in [2.75, 3.05) is 0 Å². The number of rotatable bonds is 6. The number of nitrogens with zero attached hydrogens (tertiary/aromatic N) is 2. The van der Waals surface area contributed by atoms with E-state index in [1.54, 1.807) is 0 Å². The van der Waals surface area contributed by atoms with Gasteiger partial charge in [0.05, 0.1) is 0 Å². The van der Waals surface area contributed by atoms with Crippen molar-refractivity contribution in [3.63, 3.8) is 0 Å². The third kappa shape index (κ3) is 6.07. The van der Waals surface area contributed by atoms with E-state index in [1.807, 2.05) is 0 Å². The Morgan fingerprint density at radius 2 is 0.661 bits per heavy atom. The fraction of sp³-hybridized carbons (Fsp3) is 0.143. The van der Waals surface area contributed by atoms with Crippen molar-refractivity contribution in [1.82, 2.24) is 9.13 Å². The summed E-state index contributed by atoms with van der Waals surface area (Å²) in [6.07, 6.45) is 0. The zero-order valence-electron chi connectivity index (χ0n) is 34.9. The summed E-state index contributed by atoms with van der Waals surface area (Å²) in [4.78, 5) is 0. The Bertz CT molecular complexity index is 2970. The molecule has 2 nitrogen and oxygen atoms in total. The van der Waals surface area contributed by atoms with E-state index in [2.05, 4.69) is 245 Å². The molecule has 0 bridgehead atoms. The molecular formula is C56H50GeN2. The molecule has 10 aromatic rings. The first-order valence-corrected chi connectivity index (χ1v) is 25.1. The van der Waals surface area contributed by atoms with E-state index < -0.39 is 13.3 Å². The van der Waals surface area contributed by atoms with E-state index in [0.717, 1.165) is 0 Å². The molecule has 8 aromatic carbocycles. The van der Waals surface area contributed by atoms with Crippen LogP contribution in [0.4, 0.5) is 0 Å². The predicted molar refractivity (Wildman–Crippen MR) is 256 cm³/mol. The van der Waals surface area contributed by atoms with E-state index in [-0.39, 0.29) is 10.8 Å². The van der Waals surface area contributed by atoms with Crippen molar-refractivity contribution < 1.29 is 0 Å². The minimum absolute atomic E-state index is 0.0538. The number of benzene rings is 8. The van der Waals surface area contributed by atoms with Gasteiger partial charge in [0.2, 0.25) is 0 Å². The van der Waals surface area contributed by atoms with Gasteiger partial charge in [0.1, 0.15) is 0 Å². The maximum atomic E-state index is 2.48. The second-order valence-electron chi connectivity index (χ2n) is 18.2. The molecule has 0 amide bonds. The van der Waals surface area contributed by atoms with Crippen LogP contribution in [0.5, 0.6) is 0 Å². The van der Waals surface area contributed by atoms with Crippen molar-refractivity contribution >= 4 is 74.5 Å². The van der Waals surface area contributed by atoms with Crippen LogP contribution >= 0.6 is 0 Å². The molecule has 3 heteroatoms. The molecule has 10 rings (SSSR count). The molecule has 0 atom stereocenters. The Hall–Kier alpha value is -6.10. The first-order valence-electron chi connectivity index (χ1n) is 20.9. The van der Waals surface area contributed by atoms with Crippen LogP contribution in [-0.4, -0.2) is 22.4 Å². The normalized spacial score (nSPS) is 12.6. The van der Waals surface area contributed by atoms with Crippen LogP contribution in [0.3, 0.4) is 0 Å². The van der Waals surface area contributed by atoms with E-state index >= 15 is 0 Å². The van der Waals surface area contributed by atoms with E-state index in [4.69, 9.17) is 0 Å². The third-order valence-electron chi connectivity index (χ3n) is 12.6. The van der Waals surface area contributed by atoms with Crippen LogP contribution < -0.4 is 17.6 Å². The first kappa shape index (κ1) is 37.2. The maximum absolute atomic E-state index is 3.39. The molecule has 2 aromatic heterocycles. The van der Waals surface area contributed by atoms with Crippen LogP contribution in [0.1, 0.15) is 52.7 Å². The summed E-state index contributed by atoms with van der Waals surface area (Å²) in [5, 5.41) is 5.12. The summed E-state index contributed by atoms with van der Waals surface area (Å²) in [5.74, 6) is 0. The van der Waals surface area contributed by atoms with Gasteiger partial charge in [-0.15, -0.1) is 0 Å². The molecule has 0 unspecified atom stereocenters. The Kier molecular flexibility index (Phi) is 8.84. The Morgan fingerprint density at radius 1 is 0.305 bits per heavy atom. The van der Waals surface area contributed by atoms with Gasteiger partial charge in [-0.05, 0) is 34.1 Å². The molecule has 0 spiro atoms. The molecule has 0 aliphatic heterocycles. The van der Waals surface area contributed by atoms with Crippen molar-refractivity contribution in [1.29, 1.82) is 0 Å². The standard InChI is InChI=1S/C56H50GeN2/c1-55(2,3)39-26-33-52-48(36-39)49-37-40(56(4,5)6)27-34-53(49)59(52)46-32-35-54-50(38-46)47-24-16-17-25-51(47)58(54)45-30-28-44(29-31-45)57(41-18-10-7-11-19-41,42-20-12-8-13-21-42)43-22-14-9-15-23-43/h7-38H,1-6H3. The van der Waals surface area contributed by atoms with Crippen molar-refractivity contribution in [3.8, 4) is 11.4 Å². The molecule has 0 radical (unpaired) electrons. The monoisotopic (exact) mass is 824 g/mol. The Morgan fingerprint density at radius 3 is 1.14 bits per heavy atom. The SMILES string of the molecule is CC(C)(C)c1ccc2c(c1)c1cc(C(C)(C)C)ccc1n2-c1ccc2c(c1)c1ccccc1n2-c1cc[c]([Ge]([c]2ccccc2)([c]2ccccc2)[c]2ccccc2)cc1. The average Bonchev–Trinajstić information content (AvgIpc) is 3.76. The number of hydrogen-bond acceptors (Lipinski definition) is 0. The number of hydrogen-bond donors (Lipinski definition) is 0. The summed E-state index contributed by atoms with van der Waals surface area (Å²) < 4.78 is 10.6. The van der Waals surface area contributed by atoms with Crippen LogP contribution in [-0.2, 0) is 10.8 Å². The van der Waals surface area contributed by atoms with Gasteiger partial charge in [0.25, 0.3) is 0 Å². The van der Waals surface area contributed by atoms with Gasteiger partial charge >= 0.3 is 265 Å². The summed E-state index contributed by atoms with van der Waals surface area (Å²) in [6.45, 7) is 13.8. The fourth-order valence-corrected chi connectivity index (χ4v) is 19.5. The van der Waals surface area contributed by atoms with Gasteiger partial charge in [-0.1, -0.05) is 53.7 Å². The van der Waals surface area contributed by atoms with Gasteiger partial charge in [0, 0.05) is 0 Å². The third-order valence-corrected chi connectivity index (χ3v) is 22.7. The Labute approximate surface area is 350 Å². The zero-order chi connectivity index (χ0) is 40.5.